The van der Waals surface area contributed by atoms with Crippen LogP contribution in [0.15, 0.2) is 24.3 Å². The smallest absolute Gasteiger partial charge is 0.251 e. The molecule has 1 aromatic carbocycles. The summed E-state index contributed by atoms with van der Waals surface area (Å²) in [6, 6.07) is 7.63. The maximum Gasteiger partial charge on any atom is 0.251 e. The first-order chi connectivity index (χ1) is 8.96. The molecule has 0 radical (unpaired) electrons. The fourth-order valence-corrected chi connectivity index (χ4v) is 2.30. The number of benzene rings is 1. The van der Waals surface area contributed by atoms with Crippen LogP contribution in [0.3, 0.4) is 0 Å². The standard InChI is InChI=1S/C15H23N3O/c1-15(10-16,12-7-8-12)17-14(19)11-5-4-6-13(9-11)18(2)3/h4-6,9,12H,7-8,10,16H2,1-3H3,(H,17,19). The maximum atomic E-state index is 12.3. The summed E-state index contributed by atoms with van der Waals surface area (Å²) in [4.78, 5) is 14.3. The molecule has 19 heavy (non-hydrogen) atoms. The predicted octanol–water partition coefficient (Wildman–Crippen LogP) is 1.61. The van der Waals surface area contributed by atoms with Gasteiger partial charge >= 0.3 is 0 Å². The molecule has 3 N–H and O–H groups in total. The molecule has 1 amide bonds. The van der Waals surface area contributed by atoms with E-state index in [0.29, 0.717) is 18.0 Å². The van der Waals surface area contributed by atoms with Gasteiger partial charge in [-0.3, -0.25) is 4.79 Å². The minimum atomic E-state index is -0.273. The van der Waals surface area contributed by atoms with Crippen molar-refractivity contribution < 1.29 is 4.79 Å². The number of nitrogens with zero attached hydrogens (tertiary/aromatic N) is 1. The molecule has 104 valence electrons. The third-order valence-corrected chi connectivity index (χ3v) is 3.93. The normalized spacial score (nSPS) is 17.7. The van der Waals surface area contributed by atoms with E-state index in [9.17, 15) is 4.79 Å². The van der Waals surface area contributed by atoms with Gasteiger partial charge in [-0.05, 0) is 43.9 Å². The van der Waals surface area contributed by atoms with Crippen LogP contribution in [-0.2, 0) is 0 Å². The monoisotopic (exact) mass is 261 g/mol. The van der Waals surface area contributed by atoms with Gasteiger partial charge < -0.3 is 16.0 Å². The van der Waals surface area contributed by atoms with Crippen LogP contribution in [-0.4, -0.2) is 32.1 Å². The SMILES string of the molecule is CN(C)c1cccc(C(=O)NC(C)(CN)C2CC2)c1. The van der Waals surface area contributed by atoms with E-state index in [1.54, 1.807) is 0 Å². The summed E-state index contributed by atoms with van der Waals surface area (Å²) >= 11 is 0. The second-order valence-corrected chi connectivity index (χ2v) is 5.79. The van der Waals surface area contributed by atoms with E-state index in [-0.39, 0.29) is 11.4 Å². The lowest BCUT2D eigenvalue weighted by atomic mass is 9.95. The van der Waals surface area contributed by atoms with Gasteiger partial charge in [0.2, 0.25) is 0 Å². The quantitative estimate of drug-likeness (QED) is 0.846. The Morgan fingerprint density at radius 2 is 2.16 bits per heavy atom. The Morgan fingerprint density at radius 3 is 2.68 bits per heavy atom. The summed E-state index contributed by atoms with van der Waals surface area (Å²) < 4.78 is 0. The van der Waals surface area contributed by atoms with Crippen molar-refractivity contribution in [2.24, 2.45) is 11.7 Å². The highest BCUT2D eigenvalue weighted by Gasteiger charge is 2.41. The Balaban J connectivity index is 2.13. The van der Waals surface area contributed by atoms with Crippen LogP contribution in [0.4, 0.5) is 5.69 Å². The number of hydrogen-bond acceptors (Lipinski definition) is 3. The highest BCUT2D eigenvalue weighted by molar-refractivity contribution is 5.95. The Kier molecular flexibility index (Phi) is 3.80. The minimum absolute atomic E-state index is 0.0384. The van der Waals surface area contributed by atoms with Gasteiger partial charge in [-0.15, -0.1) is 0 Å². The molecule has 2 rings (SSSR count). The van der Waals surface area contributed by atoms with Crippen molar-refractivity contribution in [1.82, 2.24) is 5.32 Å². The van der Waals surface area contributed by atoms with Crippen molar-refractivity contribution in [1.29, 1.82) is 0 Å². The number of carbonyl (C=O) groups excluding carboxylic acids is 1. The van der Waals surface area contributed by atoms with Crippen LogP contribution in [0.5, 0.6) is 0 Å². The van der Waals surface area contributed by atoms with Gasteiger partial charge in [-0.1, -0.05) is 6.07 Å². The van der Waals surface area contributed by atoms with Gasteiger partial charge in [0, 0.05) is 31.9 Å². The molecule has 1 atom stereocenters. The van der Waals surface area contributed by atoms with Crippen LogP contribution >= 0.6 is 0 Å². The molecule has 1 unspecified atom stereocenters. The van der Waals surface area contributed by atoms with Crippen LogP contribution in [0, 0.1) is 5.92 Å². The molecule has 4 heteroatoms. The zero-order valence-corrected chi connectivity index (χ0v) is 11.9. The number of anilines is 1. The van der Waals surface area contributed by atoms with E-state index in [1.165, 1.54) is 0 Å². The van der Waals surface area contributed by atoms with Gasteiger partial charge in [-0.2, -0.15) is 0 Å². The van der Waals surface area contributed by atoms with Crippen molar-refractivity contribution in [3.05, 3.63) is 29.8 Å². The molecule has 0 heterocycles. The van der Waals surface area contributed by atoms with Crippen LogP contribution in [0.2, 0.25) is 0 Å². The number of carbonyl (C=O) groups is 1. The number of hydrogen-bond donors (Lipinski definition) is 2. The largest absolute Gasteiger partial charge is 0.378 e. The second-order valence-electron chi connectivity index (χ2n) is 5.79. The van der Waals surface area contributed by atoms with Gasteiger partial charge in [-0.25, -0.2) is 0 Å². The van der Waals surface area contributed by atoms with Gasteiger partial charge in [0.05, 0.1) is 5.54 Å². The van der Waals surface area contributed by atoms with Crippen LogP contribution < -0.4 is 16.0 Å². The first-order valence-electron chi connectivity index (χ1n) is 6.76. The van der Waals surface area contributed by atoms with E-state index in [1.807, 2.05) is 50.2 Å². The van der Waals surface area contributed by atoms with Gasteiger partial charge in [0.15, 0.2) is 0 Å². The Morgan fingerprint density at radius 1 is 1.47 bits per heavy atom. The van der Waals surface area contributed by atoms with Crippen molar-refractivity contribution in [3.8, 4) is 0 Å². The third kappa shape index (κ3) is 3.07. The molecule has 1 saturated carbocycles. The molecule has 1 aromatic rings. The summed E-state index contributed by atoms with van der Waals surface area (Å²) in [7, 11) is 3.93. The molecule has 0 aliphatic heterocycles. The average molecular weight is 261 g/mol. The summed E-state index contributed by atoms with van der Waals surface area (Å²) in [5.41, 5.74) is 7.27. The van der Waals surface area contributed by atoms with Gasteiger partial charge in [0.1, 0.15) is 0 Å². The zero-order valence-electron chi connectivity index (χ0n) is 11.9. The van der Waals surface area contributed by atoms with E-state index in [0.717, 1.165) is 18.5 Å². The Labute approximate surface area is 115 Å². The maximum absolute atomic E-state index is 12.3. The van der Waals surface area contributed by atoms with Crippen LogP contribution in [0.25, 0.3) is 0 Å². The lowest BCUT2D eigenvalue weighted by Gasteiger charge is -2.29. The lowest BCUT2D eigenvalue weighted by Crippen LogP contribution is -2.53. The predicted molar refractivity (Wildman–Crippen MR) is 78.4 cm³/mol. The third-order valence-electron chi connectivity index (χ3n) is 3.93. The average Bonchev–Trinajstić information content (AvgIpc) is 3.23. The summed E-state index contributed by atoms with van der Waals surface area (Å²) in [6.45, 7) is 2.52. The molecule has 0 spiro atoms. The van der Waals surface area contributed by atoms with Crippen molar-refractivity contribution in [3.63, 3.8) is 0 Å². The molecule has 0 saturated heterocycles. The fraction of sp³-hybridized carbons (Fsp3) is 0.533. The van der Waals surface area contributed by atoms with Crippen molar-refractivity contribution in [2.75, 3.05) is 25.5 Å². The van der Waals surface area contributed by atoms with Crippen molar-refractivity contribution in [2.45, 2.75) is 25.3 Å². The number of amides is 1. The molecule has 4 nitrogen and oxygen atoms in total. The molecule has 1 aliphatic rings. The highest BCUT2D eigenvalue weighted by atomic mass is 16.1. The summed E-state index contributed by atoms with van der Waals surface area (Å²) in [5.74, 6) is 0.488. The fourth-order valence-electron chi connectivity index (χ4n) is 2.30. The van der Waals surface area contributed by atoms with Gasteiger partial charge in [0.25, 0.3) is 5.91 Å². The van der Waals surface area contributed by atoms with E-state index < -0.39 is 0 Å². The van der Waals surface area contributed by atoms with Crippen LogP contribution in [0.1, 0.15) is 30.1 Å². The first kappa shape index (κ1) is 13.9. The minimum Gasteiger partial charge on any atom is -0.378 e. The highest BCUT2D eigenvalue weighted by Crippen LogP contribution is 2.39. The molecule has 1 aliphatic carbocycles. The molecule has 0 aromatic heterocycles. The van der Waals surface area contributed by atoms with E-state index >= 15 is 0 Å². The number of rotatable bonds is 5. The molecule has 0 bridgehead atoms. The molecular weight excluding hydrogens is 238 g/mol. The Bertz CT molecular complexity index is 468. The topological polar surface area (TPSA) is 58.4 Å². The molecular formula is C15H23N3O. The second kappa shape index (κ2) is 5.21. The number of nitrogens with one attached hydrogen (secondary N) is 1. The van der Waals surface area contributed by atoms with Crippen molar-refractivity contribution >= 4 is 11.6 Å². The van der Waals surface area contributed by atoms with E-state index in [4.69, 9.17) is 5.73 Å². The zero-order chi connectivity index (χ0) is 14.0. The summed E-state index contributed by atoms with van der Waals surface area (Å²) in [5, 5.41) is 3.10. The lowest BCUT2D eigenvalue weighted by molar-refractivity contribution is 0.0898. The van der Waals surface area contributed by atoms with E-state index in [2.05, 4.69) is 5.32 Å². The Hall–Kier alpha value is -1.55. The summed E-state index contributed by atoms with van der Waals surface area (Å²) in [6.07, 6.45) is 2.32. The first-order valence-corrected chi connectivity index (χ1v) is 6.76. The number of nitrogens with two attached hydrogens (primary N) is 1. The molecule has 1 fully saturated rings.